The topological polar surface area (TPSA) is 70.0 Å². The minimum Gasteiger partial charge on any atom is -0.278 e. The van der Waals surface area contributed by atoms with E-state index in [1.807, 2.05) is 4.72 Å². The Morgan fingerprint density at radius 3 is 2.29 bits per heavy atom. The van der Waals surface area contributed by atoms with Crippen molar-refractivity contribution in [3.63, 3.8) is 0 Å². The van der Waals surface area contributed by atoms with Crippen molar-refractivity contribution in [3.05, 3.63) is 59.4 Å². The summed E-state index contributed by atoms with van der Waals surface area (Å²) in [5.74, 6) is -2.81. The van der Waals surface area contributed by atoms with Gasteiger partial charge in [-0.2, -0.15) is 5.26 Å². The molecule has 2 aromatic carbocycles. The molecule has 0 bridgehead atoms. The quantitative estimate of drug-likeness (QED) is 0.947. The van der Waals surface area contributed by atoms with Gasteiger partial charge in [0, 0.05) is 0 Å². The number of rotatable bonds is 3. The number of hydrogen-bond donors (Lipinski definition) is 1. The van der Waals surface area contributed by atoms with Gasteiger partial charge in [-0.25, -0.2) is 21.6 Å². The summed E-state index contributed by atoms with van der Waals surface area (Å²) in [7, 11) is -4.45. The van der Waals surface area contributed by atoms with Crippen molar-refractivity contribution in [2.45, 2.75) is 4.90 Å². The number of nitrogens with zero attached hydrogens (tertiary/aromatic N) is 1. The summed E-state index contributed by atoms with van der Waals surface area (Å²) in [4.78, 5) is -0.907. The average molecular weight is 312 g/mol. The summed E-state index contributed by atoms with van der Waals surface area (Å²) >= 11 is 0. The molecule has 0 unspecified atom stereocenters. The second kappa shape index (κ2) is 5.46. The Balaban J connectivity index is 2.48. The van der Waals surface area contributed by atoms with Gasteiger partial charge in [-0.05, 0) is 36.4 Å². The van der Waals surface area contributed by atoms with Crippen LogP contribution in [0, 0.1) is 28.8 Å². The van der Waals surface area contributed by atoms with Crippen molar-refractivity contribution in [3.8, 4) is 6.07 Å². The lowest BCUT2D eigenvalue weighted by Gasteiger charge is -2.10. The third-order valence-corrected chi connectivity index (χ3v) is 3.91. The highest BCUT2D eigenvalue weighted by molar-refractivity contribution is 7.92. The largest absolute Gasteiger partial charge is 0.278 e. The molecule has 21 heavy (non-hydrogen) atoms. The Morgan fingerprint density at radius 1 is 1.00 bits per heavy atom. The molecule has 2 rings (SSSR count). The normalized spacial score (nSPS) is 11.0. The van der Waals surface area contributed by atoms with Crippen molar-refractivity contribution in [2.75, 3.05) is 4.72 Å². The molecule has 0 heterocycles. The monoisotopic (exact) mass is 312 g/mol. The summed E-state index contributed by atoms with van der Waals surface area (Å²) in [6.45, 7) is 0. The highest BCUT2D eigenvalue weighted by Gasteiger charge is 2.21. The Bertz CT molecular complexity index is 845. The number of anilines is 1. The molecule has 0 amide bonds. The lowest BCUT2D eigenvalue weighted by molar-refractivity contribution is 0.555. The van der Waals surface area contributed by atoms with E-state index in [4.69, 9.17) is 5.26 Å². The van der Waals surface area contributed by atoms with E-state index in [1.54, 1.807) is 6.07 Å². The van der Waals surface area contributed by atoms with Crippen LogP contribution in [0.15, 0.2) is 41.3 Å². The van der Waals surface area contributed by atoms with E-state index in [0.717, 1.165) is 24.3 Å². The molecular formula is C13H7F3N2O2S. The van der Waals surface area contributed by atoms with Gasteiger partial charge in [0.15, 0.2) is 0 Å². The summed E-state index contributed by atoms with van der Waals surface area (Å²) in [5, 5.41) is 8.82. The molecule has 2 aromatic rings. The van der Waals surface area contributed by atoms with E-state index in [2.05, 4.69) is 0 Å². The number of halogens is 3. The third-order valence-electron chi connectivity index (χ3n) is 2.53. The van der Waals surface area contributed by atoms with Gasteiger partial charge in [-0.15, -0.1) is 0 Å². The molecule has 0 saturated heterocycles. The van der Waals surface area contributed by atoms with Crippen molar-refractivity contribution < 1.29 is 21.6 Å². The first-order valence-corrected chi connectivity index (χ1v) is 6.99. The molecule has 0 aromatic heterocycles. The molecule has 0 saturated carbocycles. The average Bonchev–Trinajstić information content (AvgIpc) is 2.43. The molecule has 8 heteroatoms. The smallest absolute Gasteiger partial charge is 0.264 e. The van der Waals surface area contributed by atoms with Gasteiger partial charge >= 0.3 is 0 Å². The van der Waals surface area contributed by atoms with Gasteiger partial charge in [0.05, 0.1) is 11.3 Å². The lowest BCUT2D eigenvalue weighted by atomic mass is 10.2. The maximum Gasteiger partial charge on any atom is 0.264 e. The van der Waals surface area contributed by atoms with Gasteiger partial charge in [0.2, 0.25) is 0 Å². The van der Waals surface area contributed by atoms with Gasteiger partial charge in [0.25, 0.3) is 10.0 Å². The van der Waals surface area contributed by atoms with Crippen LogP contribution in [0.3, 0.4) is 0 Å². The zero-order chi connectivity index (χ0) is 15.6. The first-order valence-electron chi connectivity index (χ1n) is 5.51. The van der Waals surface area contributed by atoms with E-state index in [9.17, 15) is 21.6 Å². The number of nitriles is 1. The predicted molar refractivity (Wildman–Crippen MR) is 68.3 cm³/mol. The fourth-order valence-corrected chi connectivity index (χ4v) is 2.75. The first-order chi connectivity index (χ1) is 9.83. The Morgan fingerprint density at radius 2 is 1.62 bits per heavy atom. The van der Waals surface area contributed by atoms with E-state index < -0.39 is 32.4 Å². The minimum absolute atomic E-state index is 0.234. The zero-order valence-corrected chi connectivity index (χ0v) is 11.1. The predicted octanol–water partition coefficient (Wildman–Crippen LogP) is 2.78. The van der Waals surface area contributed by atoms with Crippen LogP contribution in [0.1, 0.15) is 5.56 Å². The fraction of sp³-hybridized carbons (Fsp3) is 0. The van der Waals surface area contributed by atoms with Gasteiger partial charge < -0.3 is 0 Å². The van der Waals surface area contributed by atoms with Gasteiger partial charge in [-0.1, -0.05) is 0 Å². The summed E-state index contributed by atoms with van der Waals surface area (Å²) < 4.78 is 65.5. The van der Waals surface area contributed by atoms with Crippen LogP contribution >= 0.6 is 0 Å². The first kappa shape index (κ1) is 14.9. The van der Waals surface area contributed by atoms with Crippen LogP contribution in [0.4, 0.5) is 18.9 Å². The van der Waals surface area contributed by atoms with Crippen molar-refractivity contribution >= 4 is 15.7 Å². The highest BCUT2D eigenvalue weighted by atomic mass is 32.2. The second-order valence-electron chi connectivity index (χ2n) is 3.98. The van der Waals surface area contributed by atoms with Crippen molar-refractivity contribution in [2.24, 2.45) is 0 Å². The standard InChI is InChI=1S/C13H7F3N2O2S/c14-9-2-4-12(8(5-9)7-17)18-21(19,20)13-6-10(15)1-3-11(13)16/h1-6,18H. The molecule has 0 spiro atoms. The second-order valence-corrected chi connectivity index (χ2v) is 5.63. The fourth-order valence-electron chi connectivity index (χ4n) is 1.58. The van der Waals surface area contributed by atoms with E-state index in [-0.39, 0.29) is 11.3 Å². The third kappa shape index (κ3) is 3.14. The summed E-state index contributed by atoms with van der Waals surface area (Å²) in [6.07, 6.45) is 0. The summed E-state index contributed by atoms with van der Waals surface area (Å²) in [5.41, 5.74) is -0.516. The number of hydrogen-bond acceptors (Lipinski definition) is 3. The minimum atomic E-state index is -4.45. The Kier molecular flexibility index (Phi) is 3.86. The van der Waals surface area contributed by atoms with Crippen LogP contribution < -0.4 is 4.72 Å². The van der Waals surface area contributed by atoms with Crippen molar-refractivity contribution in [1.82, 2.24) is 0 Å². The lowest BCUT2D eigenvalue weighted by Crippen LogP contribution is -2.15. The molecule has 0 aliphatic rings. The molecule has 0 aliphatic carbocycles. The van der Waals surface area contributed by atoms with Crippen LogP contribution in [0.5, 0.6) is 0 Å². The maximum atomic E-state index is 13.5. The molecular weight excluding hydrogens is 305 g/mol. The van der Waals surface area contributed by atoms with Gasteiger partial charge in [0.1, 0.15) is 28.4 Å². The molecule has 0 atom stereocenters. The van der Waals surface area contributed by atoms with Gasteiger partial charge in [-0.3, -0.25) is 4.72 Å². The van der Waals surface area contributed by atoms with E-state index in [0.29, 0.717) is 12.1 Å². The molecule has 1 N–H and O–H groups in total. The molecule has 0 radical (unpaired) electrons. The highest BCUT2D eigenvalue weighted by Crippen LogP contribution is 2.22. The van der Waals surface area contributed by atoms with Crippen molar-refractivity contribution in [1.29, 1.82) is 5.26 Å². The molecule has 4 nitrogen and oxygen atoms in total. The number of nitrogens with one attached hydrogen (secondary N) is 1. The number of sulfonamides is 1. The van der Waals surface area contributed by atoms with Crippen LogP contribution in [-0.2, 0) is 10.0 Å². The summed E-state index contributed by atoms with van der Waals surface area (Å²) in [6, 6.07) is 6.31. The van der Waals surface area contributed by atoms with E-state index >= 15 is 0 Å². The molecule has 108 valence electrons. The molecule has 0 aliphatic heterocycles. The SMILES string of the molecule is N#Cc1cc(F)ccc1NS(=O)(=O)c1cc(F)ccc1F. The van der Waals surface area contributed by atoms with Crippen LogP contribution in [-0.4, -0.2) is 8.42 Å². The van der Waals surface area contributed by atoms with E-state index in [1.165, 1.54) is 0 Å². The maximum absolute atomic E-state index is 13.5. The van der Waals surface area contributed by atoms with Crippen LogP contribution in [0.2, 0.25) is 0 Å². The Labute approximate surface area is 118 Å². The Hall–Kier alpha value is -2.53. The number of benzene rings is 2. The zero-order valence-electron chi connectivity index (χ0n) is 10.3. The van der Waals surface area contributed by atoms with Crippen LogP contribution in [0.25, 0.3) is 0 Å². The molecule has 0 fully saturated rings.